The van der Waals surface area contributed by atoms with Gasteiger partial charge in [0, 0.05) is 6.54 Å². The number of hydrogen-bond donors (Lipinski definition) is 1. The second kappa shape index (κ2) is 5.11. The first-order valence-electron chi connectivity index (χ1n) is 6.63. The van der Waals surface area contributed by atoms with Crippen LogP contribution in [-0.2, 0) is 24.5 Å². The molecule has 1 aliphatic rings. The summed E-state index contributed by atoms with van der Waals surface area (Å²) in [6.45, 7) is 4.35. The monoisotopic (exact) mass is 258 g/mol. The van der Waals surface area contributed by atoms with Crippen molar-refractivity contribution in [2.45, 2.75) is 39.1 Å². The highest BCUT2D eigenvalue weighted by atomic mass is 16.5. The van der Waals surface area contributed by atoms with Crippen molar-refractivity contribution in [3.63, 3.8) is 0 Å². The van der Waals surface area contributed by atoms with E-state index in [1.54, 1.807) is 6.20 Å². The fraction of sp³-hybridized carbons (Fsp3) is 0.429. The molecule has 0 bridgehead atoms. The van der Waals surface area contributed by atoms with E-state index < -0.39 is 0 Å². The number of rotatable bonds is 4. The molecule has 2 aromatic rings. The molecule has 100 valence electrons. The molecular formula is C14H18N4O. The number of fused-ring (bicyclic) bond motifs is 1. The van der Waals surface area contributed by atoms with Crippen LogP contribution in [-0.4, -0.2) is 15.0 Å². The Morgan fingerprint density at radius 3 is 3.05 bits per heavy atom. The van der Waals surface area contributed by atoms with Gasteiger partial charge in [-0.1, -0.05) is 30.3 Å². The minimum atomic E-state index is -0.188. The van der Waals surface area contributed by atoms with Crippen LogP contribution < -0.4 is 5.73 Å². The highest BCUT2D eigenvalue weighted by Crippen LogP contribution is 2.25. The maximum absolute atomic E-state index is 6.34. The maximum atomic E-state index is 6.34. The molecule has 1 aromatic heterocycles. The summed E-state index contributed by atoms with van der Waals surface area (Å²) in [6.07, 6.45) is 2.77. The van der Waals surface area contributed by atoms with Gasteiger partial charge in [0.05, 0.1) is 31.1 Å². The Kier molecular flexibility index (Phi) is 3.31. The molecule has 0 aliphatic carbocycles. The van der Waals surface area contributed by atoms with Gasteiger partial charge >= 0.3 is 0 Å². The lowest BCUT2D eigenvalue weighted by Gasteiger charge is -2.14. The Balaban J connectivity index is 1.90. The van der Waals surface area contributed by atoms with Crippen LogP contribution in [0.5, 0.6) is 0 Å². The summed E-state index contributed by atoms with van der Waals surface area (Å²) in [5.41, 5.74) is 10.9. The lowest BCUT2D eigenvalue weighted by Crippen LogP contribution is -2.17. The normalized spacial score (nSPS) is 15.5. The summed E-state index contributed by atoms with van der Waals surface area (Å²) in [5, 5.41) is 8.06. The number of benzene rings is 1. The van der Waals surface area contributed by atoms with E-state index in [0.717, 1.165) is 24.2 Å². The predicted octanol–water partition coefficient (Wildman–Crippen LogP) is 1.77. The summed E-state index contributed by atoms with van der Waals surface area (Å²) < 4.78 is 7.32. The van der Waals surface area contributed by atoms with Gasteiger partial charge in [-0.25, -0.2) is 4.68 Å². The van der Waals surface area contributed by atoms with Crippen LogP contribution >= 0.6 is 0 Å². The van der Waals surface area contributed by atoms with Crippen LogP contribution in [0.3, 0.4) is 0 Å². The SMILES string of the molecule is CCCn1nncc1C(N)c1ccc2c(c1)COC2. The molecule has 0 spiro atoms. The van der Waals surface area contributed by atoms with Crippen LogP contribution in [0.2, 0.25) is 0 Å². The summed E-state index contributed by atoms with van der Waals surface area (Å²) in [7, 11) is 0. The molecule has 1 aromatic carbocycles. The minimum absolute atomic E-state index is 0.188. The molecule has 1 aliphatic heterocycles. The largest absolute Gasteiger partial charge is 0.372 e. The fourth-order valence-corrected chi connectivity index (χ4v) is 2.45. The van der Waals surface area contributed by atoms with Gasteiger partial charge in [0.1, 0.15) is 0 Å². The quantitative estimate of drug-likeness (QED) is 0.907. The second-order valence-electron chi connectivity index (χ2n) is 4.88. The van der Waals surface area contributed by atoms with E-state index in [1.807, 2.05) is 4.68 Å². The van der Waals surface area contributed by atoms with Crippen LogP contribution in [0.15, 0.2) is 24.4 Å². The van der Waals surface area contributed by atoms with Crippen molar-refractivity contribution in [1.82, 2.24) is 15.0 Å². The number of nitrogens with two attached hydrogens (primary N) is 1. The van der Waals surface area contributed by atoms with Gasteiger partial charge in [-0.15, -0.1) is 5.10 Å². The van der Waals surface area contributed by atoms with E-state index >= 15 is 0 Å². The van der Waals surface area contributed by atoms with E-state index in [9.17, 15) is 0 Å². The zero-order valence-corrected chi connectivity index (χ0v) is 11.0. The zero-order valence-electron chi connectivity index (χ0n) is 11.0. The van der Waals surface area contributed by atoms with Crippen LogP contribution in [0.4, 0.5) is 0 Å². The summed E-state index contributed by atoms with van der Waals surface area (Å²) in [6, 6.07) is 6.12. The lowest BCUT2D eigenvalue weighted by atomic mass is 10.00. The molecule has 5 heteroatoms. The standard InChI is InChI=1S/C14H18N4O/c1-2-5-18-13(7-16-17-18)14(15)10-3-4-11-8-19-9-12(11)6-10/h3-4,6-7,14H,2,5,8-9,15H2,1H3. The van der Waals surface area contributed by atoms with E-state index in [4.69, 9.17) is 10.5 Å². The van der Waals surface area contributed by atoms with Crippen LogP contribution in [0, 0.1) is 0 Å². The molecule has 0 saturated heterocycles. The van der Waals surface area contributed by atoms with Crippen molar-refractivity contribution in [2.75, 3.05) is 0 Å². The van der Waals surface area contributed by atoms with Gasteiger partial charge in [-0.3, -0.25) is 0 Å². The lowest BCUT2D eigenvalue weighted by molar-refractivity contribution is 0.134. The van der Waals surface area contributed by atoms with Gasteiger partial charge < -0.3 is 10.5 Å². The first kappa shape index (κ1) is 12.3. The molecule has 19 heavy (non-hydrogen) atoms. The zero-order chi connectivity index (χ0) is 13.2. The molecule has 3 rings (SSSR count). The van der Waals surface area contributed by atoms with Crippen molar-refractivity contribution in [2.24, 2.45) is 5.73 Å². The highest BCUT2D eigenvalue weighted by Gasteiger charge is 2.18. The molecule has 0 amide bonds. The molecule has 1 atom stereocenters. The van der Waals surface area contributed by atoms with Gasteiger partial charge in [-0.2, -0.15) is 0 Å². The molecule has 5 nitrogen and oxygen atoms in total. The third-order valence-electron chi connectivity index (χ3n) is 3.51. The van der Waals surface area contributed by atoms with E-state index in [0.29, 0.717) is 13.2 Å². The molecular weight excluding hydrogens is 240 g/mol. The van der Waals surface area contributed by atoms with Gasteiger partial charge in [0.15, 0.2) is 0 Å². The Morgan fingerprint density at radius 2 is 2.21 bits per heavy atom. The average Bonchev–Trinajstić information content (AvgIpc) is 3.05. The Hall–Kier alpha value is -1.72. The van der Waals surface area contributed by atoms with Crippen molar-refractivity contribution in [3.8, 4) is 0 Å². The van der Waals surface area contributed by atoms with Crippen LogP contribution in [0.25, 0.3) is 0 Å². The van der Waals surface area contributed by atoms with E-state index in [1.165, 1.54) is 11.1 Å². The smallest absolute Gasteiger partial charge is 0.0799 e. The fourth-order valence-electron chi connectivity index (χ4n) is 2.45. The molecule has 2 N–H and O–H groups in total. The maximum Gasteiger partial charge on any atom is 0.0799 e. The number of hydrogen-bond acceptors (Lipinski definition) is 4. The second-order valence-corrected chi connectivity index (χ2v) is 4.88. The molecule has 1 unspecified atom stereocenters. The third-order valence-corrected chi connectivity index (χ3v) is 3.51. The van der Waals surface area contributed by atoms with Gasteiger partial charge in [0.25, 0.3) is 0 Å². The molecule has 0 radical (unpaired) electrons. The summed E-state index contributed by atoms with van der Waals surface area (Å²) in [5.74, 6) is 0. The number of ether oxygens (including phenoxy) is 1. The van der Waals surface area contributed by atoms with Gasteiger partial charge in [0.2, 0.25) is 0 Å². The molecule has 0 saturated carbocycles. The minimum Gasteiger partial charge on any atom is -0.372 e. The number of aromatic nitrogens is 3. The number of nitrogens with zero attached hydrogens (tertiary/aromatic N) is 3. The topological polar surface area (TPSA) is 66.0 Å². The Morgan fingerprint density at radius 1 is 1.37 bits per heavy atom. The average molecular weight is 258 g/mol. The third kappa shape index (κ3) is 2.27. The van der Waals surface area contributed by atoms with E-state index in [2.05, 4.69) is 35.4 Å². The molecule has 0 fully saturated rings. The molecule has 2 heterocycles. The summed E-state index contributed by atoms with van der Waals surface area (Å²) >= 11 is 0. The van der Waals surface area contributed by atoms with Crippen molar-refractivity contribution < 1.29 is 4.74 Å². The van der Waals surface area contributed by atoms with Crippen LogP contribution in [0.1, 0.15) is 41.8 Å². The van der Waals surface area contributed by atoms with Crippen molar-refractivity contribution >= 4 is 0 Å². The van der Waals surface area contributed by atoms with Crippen molar-refractivity contribution in [3.05, 3.63) is 46.8 Å². The summed E-state index contributed by atoms with van der Waals surface area (Å²) in [4.78, 5) is 0. The Labute approximate surface area is 112 Å². The van der Waals surface area contributed by atoms with Gasteiger partial charge in [-0.05, 0) is 23.1 Å². The predicted molar refractivity (Wildman–Crippen MR) is 71.3 cm³/mol. The Bertz CT molecular complexity index is 579. The highest BCUT2D eigenvalue weighted by molar-refractivity contribution is 5.36. The van der Waals surface area contributed by atoms with Crippen molar-refractivity contribution in [1.29, 1.82) is 0 Å². The first-order valence-corrected chi connectivity index (χ1v) is 6.63. The van der Waals surface area contributed by atoms with E-state index in [-0.39, 0.29) is 6.04 Å². The number of aryl methyl sites for hydroxylation is 1. The first-order chi connectivity index (χ1) is 9.29.